The van der Waals surface area contributed by atoms with E-state index < -0.39 is 0 Å². The number of carbonyl (C=O) groups excluding carboxylic acids is 1. The SMILES string of the molecule is Cc1cc(C(=O)N2CCN(c3oc(-c4ccco4)nc3C#N)CC2)c(C)n1-c1ccccn1. The van der Waals surface area contributed by atoms with E-state index in [9.17, 15) is 10.1 Å². The van der Waals surface area contributed by atoms with Crippen LogP contribution < -0.4 is 4.90 Å². The Kier molecular flexibility index (Phi) is 5.18. The molecule has 4 aromatic heterocycles. The number of oxazole rings is 1. The van der Waals surface area contributed by atoms with Gasteiger partial charge in [0.15, 0.2) is 5.76 Å². The van der Waals surface area contributed by atoms with E-state index in [2.05, 4.69) is 16.0 Å². The Bertz CT molecular complexity index is 1320. The Labute approximate surface area is 190 Å². The van der Waals surface area contributed by atoms with Gasteiger partial charge in [-0.05, 0) is 44.2 Å². The third-order valence-corrected chi connectivity index (χ3v) is 5.84. The summed E-state index contributed by atoms with van der Waals surface area (Å²) in [5.74, 6) is 1.92. The van der Waals surface area contributed by atoms with Crippen molar-refractivity contribution in [3.8, 4) is 23.5 Å². The maximum atomic E-state index is 13.3. The molecule has 4 aromatic rings. The molecule has 166 valence electrons. The van der Waals surface area contributed by atoms with Gasteiger partial charge in [0.2, 0.25) is 11.6 Å². The molecule has 9 heteroatoms. The van der Waals surface area contributed by atoms with Crippen LogP contribution in [0.3, 0.4) is 0 Å². The fourth-order valence-electron chi connectivity index (χ4n) is 4.21. The fraction of sp³-hybridized carbons (Fsp3) is 0.250. The first-order chi connectivity index (χ1) is 16.1. The van der Waals surface area contributed by atoms with E-state index in [4.69, 9.17) is 8.83 Å². The van der Waals surface area contributed by atoms with Gasteiger partial charge in [0.1, 0.15) is 11.9 Å². The zero-order valence-corrected chi connectivity index (χ0v) is 18.4. The number of rotatable bonds is 4. The van der Waals surface area contributed by atoms with E-state index >= 15 is 0 Å². The molecule has 0 spiro atoms. The Balaban J connectivity index is 1.32. The standard InChI is InChI=1S/C24H22N6O3/c1-16-14-18(17(2)30(16)21-7-3-4-8-26-21)23(31)28-9-11-29(12-10-28)24-19(15-25)27-22(33-24)20-6-5-13-32-20/h3-8,13-14H,9-12H2,1-2H3. The largest absolute Gasteiger partial charge is 0.459 e. The molecular weight excluding hydrogens is 420 g/mol. The molecule has 0 aromatic carbocycles. The number of piperazine rings is 1. The highest BCUT2D eigenvalue weighted by Gasteiger charge is 2.29. The van der Waals surface area contributed by atoms with Gasteiger partial charge in [-0.15, -0.1) is 0 Å². The molecule has 33 heavy (non-hydrogen) atoms. The second kappa shape index (κ2) is 8.31. The lowest BCUT2D eigenvalue weighted by molar-refractivity contribution is 0.0744. The van der Waals surface area contributed by atoms with Crippen LogP contribution in [-0.2, 0) is 0 Å². The van der Waals surface area contributed by atoms with Crippen LogP contribution in [0.25, 0.3) is 17.5 Å². The second-order valence-electron chi connectivity index (χ2n) is 7.85. The van der Waals surface area contributed by atoms with Gasteiger partial charge < -0.3 is 23.2 Å². The molecule has 0 N–H and O–H groups in total. The van der Waals surface area contributed by atoms with Gasteiger partial charge in [0.25, 0.3) is 11.8 Å². The highest BCUT2D eigenvalue weighted by atomic mass is 16.4. The van der Waals surface area contributed by atoms with Crippen molar-refractivity contribution in [2.45, 2.75) is 13.8 Å². The maximum absolute atomic E-state index is 13.3. The van der Waals surface area contributed by atoms with Crippen molar-refractivity contribution in [2.75, 3.05) is 31.1 Å². The quantitative estimate of drug-likeness (QED) is 0.476. The van der Waals surface area contributed by atoms with Crippen LogP contribution >= 0.6 is 0 Å². The third-order valence-electron chi connectivity index (χ3n) is 5.84. The Morgan fingerprint density at radius 2 is 1.94 bits per heavy atom. The maximum Gasteiger partial charge on any atom is 0.266 e. The lowest BCUT2D eigenvalue weighted by Crippen LogP contribution is -2.49. The number of carbonyl (C=O) groups is 1. The second-order valence-corrected chi connectivity index (χ2v) is 7.85. The number of furan rings is 1. The molecule has 0 atom stereocenters. The number of aryl methyl sites for hydroxylation is 1. The smallest absolute Gasteiger partial charge is 0.266 e. The molecule has 0 bridgehead atoms. The van der Waals surface area contributed by atoms with E-state index in [-0.39, 0.29) is 17.5 Å². The van der Waals surface area contributed by atoms with E-state index in [0.29, 0.717) is 43.4 Å². The molecule has 1 aliphatic heterocycles. The molecule has 5 rings (SSSR count). The van der Waals surface area contributed by atoms with Gasteiger partial charge in [-0.1, -0.05) is 6.07 Å². The predicted molar refractivity (Wildman–Crippen MR) is 120 cm³/mol. The number of aromatic nitrogens is 3. The van der Waals surface area contributed by atoms with Gasteiger partial charge in [-0.2, -0.15) is 10.2 Å². The molecule has 0 aliphatic carbocycles. The van der Waals surface area contributed by atoms with Gasteiger partial charge in [0.05, 0.1) is 11.8 Å². The number of amides is 1. The van der Waals surface area contributed by atoms with Crippen LogP contribution in [0.4, 0.5) is 5.88 Å². The molecule has 1 fully saturated rings. The van der Waals surface area contributed by atoms with Crippen LogP contribution in [-0.4, -0.2) is 51.5 Å². The summed E-state index contributed by atoms with van der Waals surface area (Å²) in [6, 6.07) is 13.2. The minimum atomic E-state index is -0.0146. The monoisotopic (exact) mass is 442 g/mol. The summed E-state index contributed by atoms with van der Waals surface area (Å²) in [5.41, 5.74) is 2.70. The molecule has 0 saturated carbocycles. The van der Waals surface area contributed by atoms with Crippen molar-refractivity contribution < 1.29 is 13.6 Å². The zero-order valence-electron chi connectivity index (χ0n) is 18.4. The van der Waals surface area contributed by atoms with Crippen molar-refractivity contribution in [3.05, 3.63) is 71.5 Å². The topological polar surface area (TPSA) is 104 Å². The lowest BCUT2D eigenvalue weighted by atomic mass is 10.2. The van der Waals surface area contributed by atoms with Crippen molar-refractivity contribution in [3.63, 3.8) is 0 Å². The van der Waals surface area contributed by atoms with Crippen LogP contribution in [0.2, 0.25) is 0 Å². The van der Waals surface area contributed by atoms with Crippen LogP contribution in [0.1, 0.15) is 27.4 Å². The Morgan fingerprint density at radius 1 is 1.12 bits per heavy atom. The van der Waals surface area contributed by atoms with Gasteiger partial charge in [0, 0.05) is 43.8 Å². The van der Waals surface area contributed by atoms with Crippen LogP contribution in [0.5, 0.6) is 0 Å². The summed E-state index contributed by atoms with van der Waals surface area (Å²) in [6.07, 6.45) is 3.27. The van der Waals surface area contributed by atoms with Crippen molar-refractivity contribution in [1.82, 2.24) is 19.4 Å². The van der Waals surface area contributed by atoms with Gasteiger partial charge in [-0.3, -0.25) is 4.79 Å². The van der Waals surface area contributed by atoms with Gasteiger partial charge in [-0.25, -0.2) is 4.98 Å². The number of nitriles is 1. The number of anilines is 1. The molecule has 1 aliphatic rings. The van der Waals surface area contributed by atoms with E-state index in [1.165, 1.54) is 6.26 Å². The first-order valence-electron chi connectivity index (χ1n) is 10.7. The van der Waals surface area contributed by atoms with E-state index in [1.54, 1.807) is 18.3 Å². The first-order valence-corrected chi connectivity index (χ1v) is 10.7. The fourth-order valence-corrected chi connectivity index (χ4v) is 4.21. The third kappa shape index (κ3) is 3.65. The highest BCUT2D eigenvalue weighted by Crippen LogP contribution is 2.29. The van der Waals surface area contributed by atoms with Crippen molar-refractivity contribution in [1.29, 1.82) is 5.26 Å². The van der Waals surface area contributed by atoms with Crippen LogP contribution in [0, 0.1) is 25.2 Å². The van der Waals surface area contributed by atoms with Crippen molar-refractivity contribution in [2.24, 2.45) is 0 Å². The molecule has 1 saturated heterocycles. The number of pyridine rings is 1. The summed E-state index contributed by atoms with van der Waals surface area (Å²) >= 11 is 0. The average Bonchev–Trinajstić information content (AvgIpc) is 3.58. The summed E-state index contributed by atoms with van der Waals surface area (Å²) in [5, 5.41) is 9.50. The molecule has 0 unspecified atom stereocenters. The summed E-state index contributed by atoms with van der Waals surface area (Å²) < 4.78 is 13.2. The first kappa shape index (κ1) is 20.6. The van der Waals surface area contributed by atoms with Crippen molar-refractivity contribution >= 4 is 11.8 Å². The molecular formula is C24H22N6O3. The van der Waals surface area contributed by atoms with E-state index in [0.717, 1.165) is 17.2 Å². The predicted octanol–water partition coefficient (Wildman–Crippen LogP) is 3.57. The molecule has 5 heterocycles. The molecule has 1 amide bonds. The van der Waals surface area contributed by atoms with Crippen LogP contribution in [0.15, 0.2) is 57.7 Å². The van der Waals surface area contributed by atoms with E-state index in [1.807, 2.05) is 52.5 Å². The lowest BCUT2D eigenvalue weighted by Gasteiger charge is -2.34. The number of hydrogen-bond donors (Lipinski definition) is 0. The Hall–Kier alpha value is -4.32. The number of nitrogens with zero attached hydrogens (tertiary/aromatic N) is 6. The summed E-state index contributed by atoms with van der Waals surface area (Å²) in [7, 11) is 0. The Morgan fingerprint density at radius 3 is 2.61 bits per heavy atom. The highest BCUT2D eigenvalue weighted by molar-refractivity contribution is 5.96. The summed E-state index contributed by atoms with van der Waals surface area (Å²) in [6.45, 7) is 6.00. The normalized spacial score (nSPS) is 13.8. The number of hydrogen-bond acceptors (Lipinski definition) is 7. The minimum absolute atomic E-state index is 0.0146. The average molecular weight is 442 g/mol. The zero-order chi connectivity index (χ0) is 22.9. The minimum Gasteiger partial charge on any atom is -0.459 e. The van der Waals surface area contributed by atoms with Gasteiger partial charge >= 0.3 is 0 Å². The molecule has 0 radical (unpaired) electrons. The molecule has 9 nitrogen and oxygen atoms in total. The summed E-state index contributed by atoms with van der Waals surface area (Å²) in [4.78, 5) is 25.8.